The lowest BCUT2D eigenvalue weighted by Crippen LogP contribution is -2.17. The van der Waals surface area contributed by atoms with E-state index in [0.717, 1.165) is 5.92 Å². The summed E-state index contributed by atoms with van der Waals surface area (Å²) in [5.74, 6) is 0.886. The minimum atomic E-state index is 0.636. The number of nitrogens with zero attached hydrogens (tertiary/aromatic N) is 1. The van der Waals surface area contributed by atoms with Gasteiger partial charge in [-0.2, -0.15) is 0 Å². The Bertz CT molecular complexity index is 535. The molecule has 1 aliphatic rings. The highest BCUT2D eigenvalue weighted by Gasteiger charge is 2.19. The number of fused-ring (bicyclic) bond motifs is 1. The Morgan fingerprint density at radius 3 is 2.82 bits per heavy atom. The van der Waals surface area contributed by atoms with Gasteiger partial charge < -0.3 is 10.3 Å². The summed E-state index contributed by atoms with van der Waals surface area (Å²) in [5, 5.41) is 1.33. The van der Waals surface area contributed by atoms with Gasteiger partial charge in [-0.25, -0.2) is 0 Å². The number of aryl methyl sites for hydroxylation is 1. The maximum atomic E-state index is 5.83. The molecule has 1 heterocycles. The average molecular weight is 228 g/mol. The molecule has 0 saturated heterocycles. The monoisotopic (exact) mass is 228 g/mol. The smallest absolute Gasteiger partial charge is 0.0486 e. The molecule has 0 unspecified atom stereocenters. The van der Waals surface area contributed by atoms with Crippen molar-refractivity contribution in [1.29, 1.82) is 0 Å². The first kappa shape index (κ1) is 10.8. The lowest BCUT2D eigenvalue weighted by atomic mass is 9.85. The fourth-order valence-electron chi connectivity index (χ4n) is 2.75. The van der Waals surface area contributed by atoms with Crippen LogP contribution in [0.3, 0.4) is 0 Å². The maximum Gasteiger partial charge on any atom is 0.0486 e. The van der Waals surface area contributed by atoms with Crippen LogP contribution in [0, 0.1) is 12.8 Å². The largest absolute Gasteiger partial charge is 0.347 e. The van der Waals surface area contributed by atoms with E-state index in [0.29, 0.717) is 6.54 Å². The summed E-state index contributed by atoms with van der Waals surface area (Å²) in [6, 6.07) is 6.67. The first-order valence-corrected chi connectivity index (χ1v) is 6.56. The molecule has 2 nitrogen and oxygen atoms in total. The predicted octanol–water partition coefficient (Wildman–Crippen LogP) is 3.21. The highest BCUT2D eigenvalue weighted by molar-refractivity contribution is 5.84. The SMILES string of the molecule is Cc1ccc2c(CN)cn(CC3CCC3)c2c1. The van der Waals surface area contributed by atoms with Crippen molar-refractivity contribution in [2.75, 3.05) is 0 Å². The molecule has 0 spiro atoms. The van der Waals surface area contributed by atoms with Crippen LogP contribution in [0.4, 0.5) is 0 Å². The highest BCUT2D eigenvalue weighted by atomic mass is 15.0. The minimum absolute atomic E-state index is 0.636. The Hall–Kier alpha value is -1.28. The molecule has 0 atom stereocenters. The predicted molar refractivity (Wildman–Crippen MR) is 71.9 cm³/mol. The number of aromatic nitrogens is 1. The molecule has 2 aromatic rings. The lowest BCUT2D eigenvalue weighted by molar-refractivity contribution is 0.279. The van der Waals surface area contributed by atoms with Gasteiger partial charge in [-0.15, -0.1) is 0 Å². The average Bonchev–Trinajstić information content (AvgIpc) is 2.61. The van der Waals surface area contributed by atoms with Crippen molar-refractivity contribution in [1.82, 2.24) is 4.57 Å². The van der Waals surface area contributed by atoms with Gasteiger partial charge in [0.05, 0.1) is 0 Å². The van der Waals surface area contributed by atoms with Crippen molar-refractivity contribution in [3.05, 3.63) is 35.5 Å². The second kappa shape index (κ2) is 4.19. The third-order valence-electron chi connectivity index (χ3n) is 4.02. The molecule has 0 bridgehead atoms. The topological polar surface area (TPSA) is 30.9 Å². The minimum Gasteiger partial charge on any atom is -0.347 e. The molecule has 1 aromatic carbocycles. The third kappa shape index (κ3) is 1.87. The van der Waals surface area contributed by atoms with Crippen molar-refractivity contribution in [2.45, 2.75) is 39.3 Å². The molecule has 0 aliphatic heterocycles. The van der Waals surface area contributed by atoms with E-state index in [1.807, 2.05) is 0 Å². The number of nitrogens with two attached hydrogens (primary N) is 1. The quantitative estimate of drug-likeness (QED) is 0.859. The van der Waals surface area contributed by atoms with E-state index in [2.05, 4.69) is 35.9 Å². The summed E-state index contributed by atoms with van der Waals surface area (Å²) in [5.41, 5.74) is 9.79. The number of benzene rings is 1. The van der Waals surface area contributed by atoms with Crippen LogP contribution in [-0.2, 0) is 13.1 Å². The van der Waals surface area contributed by atoms with Crippen LogP contribution in [0.15, 0.2) is 24.4 Å². The van der Waals surface area contributed by atoms with Crippen molar-refractivity contribution in [3.8, 4) is 0 Å². The number of rotatable bonds is 3. The van der Waals surface area contributed by atoms with Crippen LogP contribution in [0.2, 0.25) is 0 Å². The second-order valence-electron chi connectivity index (χ2n) is 5.33. The van der Waals surface area contributed by atoms with Crippen molar-refractivity contribution in [2.24, 2.45) is 11.7 Å². The second-order valence-corrected chi connectivity index (χ2v) is 5.33. The van der Waals surface area contributed by atoms with Crippen LogP contribution < -0.4 is 5.73 Å². The molecule has 1 saturated carbocycles. The zero-order valence-electron chi connectivity index (χ0n) is 10.4. The van der Waals surface area contributed by atoms with Gasteiger partial charge in [0.1, 0.15) is 0 Å². The Morgan fingerprint density at radius 2 is 2.18 bits per heavy atom. The lowest BCUT2D eigenvalue weighted by Gasteiger charge is -2.26. The molecule has 0 radical (unpaired) electrons. The molecule has 2 N–H and O–H groups in total. The Morgan fingerprint density at radius 1 is 1.35 bits per heavy atom. The van der Waals surface area contributed by atoms with Crippen LogP contribution in [0.5, 0.6) is 0 Å². The van der Waals surface area contributed by atoms with Gasteiger partial charge in [0.15, 0.2) is 0 Å². The fraction of sp³-hybridized carbons (Fsp3) is 0.467. The molecule has 3 rings (SSSR count). The molecule has 17 heavy (non-hydrogen) atoms. The van der Waals surface area contributed by atoms with E-state index >= 15 is 0 Å². The van der Waals surface area contributed by atoms with Gasteiger partial charge in [0, 0.05) is 30.2 Å². The molecular weight excluding hydrogens is 208 g/mol. The summed E-state index contributed by atoms with van der Waals surface area (Å²) in [7, 11) is 0. The molecular formula is C15H20N2. The van der Waals surface area contributed by atoms with Gasteiger partial charge in [-0.1, -0.05) is 18.6 Å². The zero-order chi connectivity index (χ0) is 11.8. The third-order valence-corrected chi connectivity index (χ3v) is 4.02. The van der Waals surface area contributed by atoms with E-state index < -0.39 is 0 Å². The maximum absolute atomic E-state index is 5.83. The molecule has 1 aromatic heterocycles. The standard InChI is InChI=1S/C15H20N2/c1-11-5-6-14-13(8-16)10-17(15(14)7-11)9-12-3-2-4-12/h5-7,10,12H,2-4,8-9,16H2,1H3. The van der Waals surface area contributed by atoms with Gasteiger partial charge in [0.25, 0.3) is 0 Å². The van der Waals surface area contributed by atoms with E-state index in [1.54, 1.807) is 0 Å². The number of hydrogen-bond donors (Lipinski definition) is 1. The summed E-state index contributed by atoms with van der Waals surface area (Å²) >= 11 is 0. The molecule has 1 aliphatic carbocycles. The molecule has 90 valence electrons. The van der Waals surface area contributed by atoms with E-state index in [9.17, 15) is 0 Å². The summed E-state index contributed by atoms with van der Waals surface area (Å²) < 4.78 is 2.41. The summed E-state index contributed by atoms with van der Waals surface area (Å²) in [6.07, 6.45) is 6.45. The first-order valence-electron chi connectivity index (χ1n) is 6.56. The van der Waals surface area contributed by atoms with Crippen LogP contribution in [0.1, 0.15) is 30.4 Å². The van der Waals surface area contributed by atoms with Gasteiger partial charge in [0.2, 0.25) is 0 Å². The van der Waals surface area contributed by atoms with E-state index in [4.69, 9.17) is 5.73 Å². The summed E-state index contributed by atoms with van der Waals surface area (Å²) in [6.45, 7) is 3.96. The van der Waals surface area contributed by atoms with Crippen LogP contribution in [0.25, 0.3) is 10.9 Å². The van der Waals surface area contributed by atoms with Gasteiger partial charge in [-0.05, 0) is 42.9 Å². The zero-order valence-corrected chi connectivity index (χ0v) is 10.4. The highest BCUT2D eigenvalue weighted by Crippen LogP contribution is 2.30. The van der Waals surface area contributed by atoms with Crippen molar-refractivity contribution >= 4 is 10.9 Å². The van der Waals surface area contributed by atoms with Gasteiger partial charge >= 0.3 is 0 Å². The summed E-state index contributed by atoms with van der Waals surface area (Å²) in [4.78, 5) is 0. The van der Waals surface area contributed by atoms with E-state index in [1.165, 1.54) is 47.8 Å². The van der Waals surface area contributed by atoms with Gasteiger partial charge in [-0.3, -0.25) is 0 Å². The van der Waals surface area contributed by atoms with Crippen LogP contribution >= 0.6 is 0 Å². The first-order chi connectivity index (χ1) is 8.28. The fourth-order valence-corrected chi connectivity index (χ4v) is 2.75. The number of hydrogen-bond acceptors (Lipinski definition) is 1. The molecule has 2 heteroatoms. The van der Waals surface area contributed by atoms with E-state index in [-0.39, 0.29) is 0 Å². The molecule has 0 amide bonds. The Kier molecular flexibility index (Phi) is 2.67. The van der Waals surface area contributed by atoms with Crippen molar-refractivity contribution in [3.63, 3.8) is 0 Å². The molecule has 1 fully saturated rings. The Balaban J connectivity index is 2.05. The normalized spacial score (nSPS) is 16.4. The van der Waals surface area contributed by atoms with Crippen molar-refractivity contribution < 1.29 is 0 Å². The Labute approximate surface area is 102 Å². The van der Waals surface area contributed by atoms with Crippen LogP contribution in [-0.4, -0.2) is 4.57 Å².